The summed E-state index contributed by atoms with van der Waals surface area (Å²) in [5.41, 5.74) is 4.58. The lowest BCUT2D eigenvalue weighted by molar-refractivity contribution is -0.138. The molecule has 2 amide bonds. The molecule has 1 unspecified atom stereocenters. The van der Waals surface area contributed by atoms with Gasteiger partial charge in [-0.25, -0.2) is 4.79 Å². The SMILES string of the molecule is CCCCCN(C(=O)Nc1ccc(C(C)(C)C)cc1)C1Cc2ccc(SC(C)(C)C(=O)O)cc2C1. The number of carbonyl (C=O) groups is 2. The van der Waals surface area contributed by atoms with E-state index in [2.05, 4.69) is 57.3 Å². The van der Waals surface area contributed by atoms with E-state index in [1.165, 1.54) is 28.5 Å². The first-order valence-corrected chi connectivity index (χ1v) is 13.4. The third-order valence-electron chi connectivity index (χ3n) is 6.68. The van der Waals surface area contributed by atoms with Gasteiger partial charge in [-0.15, -0.1) is 11.8 Å². The number of unbranched alkanes of at least 4 members (excludes halogenated alkanes) is 2. The zero-order chi connectivity index (χ0) is 25.8. The van der Waals surface area contributed by atoms with Crippen LogP contribution in [0.2, 0.25) is 0 Å². The summed E-state index contributed by atoms with van der Waals surface area (Å²) >= 11 is 1.36. The van der Waals surface area contributed by atoms with Crippen molar-refractivity contribution in [1.29, 1.82) is 0 Å². The van der Waals surface area contributed by atoms with Crippen molar-refractivity contribution >= 4 is 29.4 Å². The van der Waals surface area contributed by atoms with Crippen LogP contribution in [-0.4, -0.2) is 39.3 Å². The number of benzene rings is 2. The second kappa shape index (κ2) is 11.1. The molecule has 0 saturated heterocycles. The smallest absolute Gasteiger partial charge is 0.322 e. The number of rotatable bonds is 9. The van der Waals surface area contributed by atoms with E-state index in [4.69, 9.17) is 0 Å². The quantitative estimate of drug-likeness (QED) is 0.286. The molecule has 1 aliphatic rings. The summed E-state index contributed by atoms with van der Waals surface area (Å²) in [6.07, 6.45) is 4.79. The third kappa shape index (κ3) is 7.03. The molecule has 0 spiro atoms. The first-order valence-electron chi connectivity index (χ1n) is 12.6. The summed E-state index contributed by atoms with van der Waals surface area (Å²) in [4.78, 5) is 27.9. The highest BCUT2D eigenvalue weighted by Gasteiger charge is 2.32. The Kier molecular flexibility index (Phi) is 8.58. The van der Waals surface area contributed by atoms with Crippen LogP contribution in [0.25, 0.3) is 0 Å². The molecule has 2 aromatic carbocycles. The second-order valence-electron chi connectivity index (χ2n) is 11.1. The first-order chi connectivity index (χ1) is 16.4. The van der Waals surface area contributed by atoms with Crippen molar-refractivity contribution in [2.24, 2.45) is 0 Å². The van der Waals surface area contributed by atoms with Crippen LogP contribution in [0.15, 0.2) is 47.4 Å². The zero-order valence-corrected chi connectivity index (χ0v) is 22.8. The Labute approximate surface area is 214 Å². The van der Waals surface area contributed by atoms with Gasteiger partial charge in [0.25, 0.3) is 0 Å². The van der Waals surface area contributed by atoms with Crippen molar-refractivity contribution in [3.05, 3.63) is 59.2 Å². The van der Waals surface area contributed by atoms with Gasteiger partial charge in [0.2, 0.25) is 0 Å². The molecule has 0 heterocycles. The molecule has 1 aliphatic carbocycles. The van der Waals surface area contributed by atoms with E-state index in [1.54, 1.807) is 13.8 Å². The number of hydrogen-bond acceptors (Lipinski definition) is 3. The highest BCUT2D eigenvalue weighted by atomic mass is 32.2. The minimum absolute atomic E-state index is 0.0518. The summed E-state index contributed by atoms with van der Waals surface area (Å²) in [5.74, 6) is -0.824. The summed E-state index contributed by atoms with van der Waals surface area (Å²) < 4.78 is -0.888. The molecule has 0 aromatic heterocycles. The van der Waals surface area contributed by atoms with Crippen LogP contribution in [0.5, 0.6) is 0 Å². The number of carboxylic acid groups (broad SMARTS) is 1. The number of urea groups is 1. The molecule has 2 N–H and O–H groups in total. The number of fused-ring (bicyclic) bond motifs is 1. The van der Waals surface area contributed by atoms with Crippen LogP contribution in [0.1, 0.15) is 77.5 Å². The molecule has 3 rings (SSSR count). The average Bonchev–Trinajstić information content (AvgIpc) is 3.19. The van der Waals surface area contributed by atoms with Gasteiger partial charge >= 0.3 is 12.0 Å². The van der Waals surface area contributed by atoms with Gasteiger partial charge in [-0.1, -0.05) is 58.7 Å². The normalized spacial score (nSPS) is 15.5. The van der Waals surface area contributed by atoms with Crippen LogP contribution in [0, 0.1) is 0 Å². The number of thioether (sulfide) groups is 1. The summed E-state index contributed by atoms with van der Waals surface area (Å²) in [6.45, 7) is 12.9. The van der Waals surface area contributed by atoms with Crippen molar-refractivity contribution in [3.63, 3.8) is 0 Å². The maximum absolute atomic E-state index is 13.4. The Bertz CT molecular complexity index is 1040. The molecule has 0 aliphatic heterocycles. The van der Waals surface area contributed by atoms with Crippen molar-refractivity contribution < 1.29 is 14.7 Å². The van der Waals surface area contributed by atoms with Gasteiger partial charge in [0.1, 0.15) is 4.75 Å². The molecule has 35 heavy (non-hydrogen) atoms. The highest BCUT2D eigenvalue weighted by Crippen LogP contribution is 2.36. The topological polar surface area (TPSA) is 69.6 Å². The number of aliphatic carboxylic acids is 1. The maximum atomic E-state index is 13.4. The van der Waals surface area contributed by atoms with Gasteiger partial charge < -0.3 is 15.3 Å². The van der Waals surface area contributed by atoms with Crippen molar-refractivity contribution in [2.45, 2.75) is 94.7 Å². The predicted molar refractivity (Wildman–Crippen MR) is 146 cm³/mol. The van der Waals surface area contributed by atoms with Crippen molar-refractivity contribution in [3.8, 4) is 0 Å². The minimum Gasteiger partial charge on any atom is -0.480 e. The van der Waals surface area contributed by atoms with Gasteiger partial charge in [-0.3, -0.25) is 4.79 Å². The Balaban J connectivity index is 1.73. The molecule has 190 valence electrons. The van der Waals surface area contributed by atoms with E-state index >= 15 is 0 Å². The van der Waals surface area contributed by atoms with E-state index in [-0.39, 0.29) is 17.5 Å². The molecular formula is C29H40N2O3S. The van der Waals surface area contributed by atoms with E-state index in [1.807, 2.05) is 23.1 Å². The molecule has 0 saturated carbocycles. The van der Waals surface area contributed by atoms with E-state index < -0.39 is 10.7 Å². The molecule has 0 radical (unpaired) electrons. The lowest BCUT2D eigenvalue weighted by Gasteiger charge is -2.29. The number of carbonyl (C=O) groups excluding carboxylic acids is 1. The summed E-state index contributed by atoms with van der Waals surface area (Å²) in [7, 11) is 0. The van der Waals surface area contributed by atoms with Crippen LogP contribution in [-0.2, 0) is 23.1 Å². The maximum Gasteiger partial charge on any atom is 0.322 e. The number of nitrogens with zero attached hydrogens (tertiary/aromatic N) is 1. The van der Waals surface area contributed by atoms with Crippen molar-refractivity contribution in [1.82, 2.24) is 4.90 Å². The first kappa shape index (κ1) is 27.1. The van der Waals surface area contributed by atoms with Gasteiger partial charge in [-0.05, 0) is 79.5 Å². The van der Waals surface area contributed by atoms with Gasteiger partial charge in [0.15, 0.2) is 0 Å². The van der Waals surface area contributed by atoms with Gasteiger partial charge in [0, 0.05) is 23.2 Å². The van der Waals surface area contributed by atoms with Crippen LogP contribution < -0.4 is 5.32 Å². The fraction of sp³-hybridized carbons (Fsp3) is 0.517. The lowest BCUT2D eigenvalue weighted by Crippen LogP contribution is -2.44. The molecule has 2 aromatic rings. The van der Waals surface area contributed by atoms with Crippen LogP contribution in [0.4, 0.5) is 10.5 Å². The lowest BCUT2D eigenvalue weighted by atomic mass is 9.87. The number of carboxylic acids is 1. The molecule has 1 atom stereocenters. The molecule has 6 heteroatoms. The largest absolute Gasteiger partial charge is 0.480 e. The Morgan fingerprint density at radius 3 is 2.26 bits per heavy atom. The molecule has 5 nitrogen and oxygen atoms in total. The van der Waals surface area contributed by atoms with E-state index in [0.29, 0.717) is 0 Å². The zero-order valence-electron chi connectivity index (χ0n) is 22.0. The summed E-state index contributed by atoms with van der Waals surface area (Å²) in [6, 6.07) is 14.4. The Hall–Kier alpha value is -2.47. The predicted octanol–water partition coefficient (Wildman–Crippen LogP) is 7.13. The standard InChI is InChI=1S/C29H40N2O3S/c1-7-8-9-16-31(27(34)30-23-13-11-22(12-14-23)28(2,3)4)24-17-20-10-15-25(19-21(20)18-24)35-29(5,6)26(32)33/h10-15,19,24H,7-9,16-18H2,1-6H3,(H,30,34)(H,32,33). The van der Waals surface area contributed by atoms with E-state index in [9.17, 15) is 14.7 Å². The van der Waals surface area contributed by atoms with Crippen LogP contribution >= 0.6 is 11.8 Å². The number of anilines is 1. The van der Waals surface area contributed by atoms with Gasteiger partial charge in [-0.2, -0.15) is 0 Å². The fourth-order valence-corrected chi connectivity index (χ4v) is 5.44. The third-order valence-corrected chi connectivity index (χ3v) is 7.86. The number of amides is 2. The molecule has 0 fully saturated rings. The van der Waals surface area contributed by atoms with Gasteiger partial charge in [0.05, 0.1) is 0 Å². The van der Waals surface area contributed by atoms with E-state index in [0.717, 1.165) is 49.2 Å². The summed E-state index contributed by atoms with van der Waals surface area (Å²) in [5, 5.41) is 12.6. The highest BCUT2D eigenvalue weighted by molar-refractivity contribution is 8.01. The fourth-order valence-electron chi connectivity index (χ4n) is 4.42. The monoisotopic (exact) mass is 496 g/mol. The Morgan fingerprint density at radius 2 is 1.66 bits per heavy atom. The minimum atomic E-state index is -0.888. The second-order valence-corrected chi connectivity index (χ2v) is 12.8. The molecular weight excluding hydrogens is 456 g/mol. The number of nitrogens with one attached hydrogen (secondary N) is 1. The Morgan fingerprint density at radius 1 is 1.00 bits per heavy atom. The van der Waals surface area contributed by atoms with Crippen LogP contribution in [0.3, 0.4) is 0 Å². The average molecular weight is 497 g/mol. The van der Waals surface area contributed by atoms with Crippen molar-refractivity contribution in [2.75, 3.05) is 11.9 Å². The number of hydrogen-bond donors (Lipinski definition) is 2. The molecule has 0 bridgehead atoms.